The second-order valence-electron chi connectivity index (χ2n) is 6.12. The maximum Gasteiger partial charge on any atom is 0.325 e. The lowest BCUT2D eigenvalue weighted by molar-refractivity contribution is -0.138. The highest BCUT2D eigenvalue weighted by molar-refractivity contribution is 6.09. The van der Waals surface area contributed by atoms with Gasteiger partial charge in [-0.15, -0.1) is 0 Å². The smallest absolute Gasteiger partial charge is 0.325 e. The van der Waals surface area contributed by atoms with E-state index >= 15 is 0 Å². The van der Waals surface area contributed by atoms with Crippen LogP contribution in [0.2, 0.25) is 0 Å². The van der Waals surface area contributed by atoms with Crippen molar-refractivity contribution >= 4 is 17.8 Å². The van der Waals surface area contributed by atoms with Crippen molar-refractivity contribution in [3.05, 3.63) is 35.6 Å². The van der Waals surface area contributed by atoms with Crippen molar-refractivity contribution in [3.63, 3.8) is 0 Å². The van der Waals surface area contributed by atoms with Gasteiger partial charge in [-0.2, -0.15) is 10.5 Å². The quantitative estimate of drug-likeness (QED) is 0.724. The maximum absolute atomic E-state index is 14.1. The largest absolute Gasteiger partial charge is 0.339 e. The maximum atomic E-state index is 14.1. The van der Waals surface area contributed by atoms with E-state index in [9.17, 15) is 18.8 Å². The predicted molar refractivity (Wildman–Crippen MR) is 91.0 cm³/mol. The van der Waals surface area contributed by atoms with E-state index in [1.807, 2.05) is 12.1 Å². The van der Waals surface area contributed by atoms with Gasteiger partial charge in [-0.1, -0.05) is 18.2 Å². The first-order valence-electron chi connectivity index (χ1n) is 8.26. The molecule has 8 nitrogen and oxygen atoms in total. The molecule has 1 saturated heterocycles. The van der Waals surface area contributed by atoms with E-state index in [1.54, 1.807) is 6.07 Å². The fraction of sp³-hybridized carbons (Fsp3) is 0.389. The Bertz CT molecular complexity index is 826. The number of hydrogen-bond donors (Lipinski definition) is 1. The number of halogens is 1. The number of hydrogen-bond acceptors (Lipinski definition) is 5. The number of amides is 4. The van der Waals surface area contributed by atoms with Gasteiger partial charge < -0.3 is 10.2 Å². The molecular formula is C18H18FN5O3. The van der Waals surface area contributed by atoms with E-state index in [4.69, 9.17) is 10.5 Å². The molecule has 0 radical (unpaired) electrons. The van der Waals surface area contributed by atoms with Crippen LogP contribution in [-0.4, -0.2) is 47.3 Å². The van der Waals surface area contributed by atoms with Crippen molar-refractivity contribution in [1.29, 1.82) is 10.5 Å². The summed E-state index contributed by atoms with van der Waals surface area (Å²) in [6, 6.07) is 8.58. The van der Waals surface area contributed by atoms with Crippen LogP contribution in [0.3, 0.4) is 0 Å². The van der Waals surface area contributed by atoms with E-state index in [2.05, 4.69) is 5.32 Å². The van der Waals surface area contributed by atoms with Gasteiger partial charge in [0.1, 0.15) is 17.9 Å². The average Bonchev–Trinajstić information content (AvgIpc) is 2.86. The van der Waals surface area contributed by atoms with E-state index in [0.29, 0.717) is 0 Å². The van der Waals surface area contributed by atoms with Gasteiger partial charge >= 0.3 is 6.03 Å². The molecule has 2 rings (SSSR count). The summed E-state index contributed by atoms with van der Waals surface area (Å²) in [5, 5.41) is 19.8. The normalized spacial score (nSPS) is 18.6. The lowest BCUT2D eigenvalue weighted by Gasteiger charge is -2.24. The van der Waals surface area contributed by atoms with Crippen molar-refractivity contribution in [3.8, 4) is 12.1 Å². The molecule has 27 heavy (non-hydrogen) atoms. The molecule has 0 aliphatic carbocycles. The molecule has 4 amide bonds. The molecule has 0 unspecified atom stereocenters. The molecule has 1 atom stereocenters. The second-order valence-corrected chi connectivity index (χ2v) is 6.12. The minimum Gasteiger partial charge on any atom is -0.339 e. The summed E-state index contributed by atoms with van der Waals surface area (Å²) in [6.45, 7) is 1.00. The summed E-state index contributed by atoms with van der Waals surface area (Å²) < 4.78 is 14.1. The number of nitriles is 2. The van der Waals surface area contributed by atoms with Gasteiger partial charge in [-0.05, 0) is 13.0 Å². The summed E-state index contributed by atoms with van der Waals surface area (Å²) in [5.74, 6) is -1.96. The van der Waals surface area contributed by atoms with E-state index < -0.39 is 35.7 Å². The lowest BCUT2D eigenvalue weighted by Crippen LogP contribution is -2.45. The number of urea groups is 1. The third-order valence-corrected chi connectivity index (χ3v) is 4.32. The zero-order valence-corrected chi connectivity index (χ0v) is 14.7. The molecule has 0 aromatic heterocycles. The van der Waals surface area contributed by atoms with Crippen LogP contribution in [0.1, 0.15) is 25.3 Å². The zero-order valence-electron chi connectivity index (χ0n) is 14.7. The third-order valence-electron chi connectivity index (χ3n) is 4.32. The van der Waals surface area contributed by atoms with Gasteiger partial charge in [0.25, 0.3) is 5.91 Å². The molecular weight excluding hydrogens is 353 g/mol. The molecule has 1 aromatic carbocycles. The third kappa shape index (κ3) is 4.04. The second kappa shape index (κ2) is 8.28. The molecule has 1 heterocycles. The van der Waals surface area contributed by atoms with Crippen molar-refractivity contribution in [2.45, 2.75) is 25.3 Å². The van der Waals surface area contributed by atoms with E-state index in [0.717, 1.165) is 4.90 Å². The molecule has 1 fully saturated rings. The molecule has 1 aromatic rings. The highest BCUT2D eigenvalue weighted by Crippen LogP contribution is 2.30. The van der Waals surface area contributed by atoms with Crippen LogP contribution in [0.4, 0.5) is 9.18 Å². The fourth-order valence-electron chi connectivity index (χ4n) is 2.86. The van der Waals surface area contributed by atoms with Gasteiger partial charge in [0.15, 0.2) is 0 Å². The van der Waals surface area contributed by atoms with Gasteiger partial charge in [-0.3, -0.25) is 14.5 Å². The van der Waals surface area contributed by atoms with Crippen LogP contribution >= 0.6 is 0 Å². The molecule has 1 aliphatic heterocycles. The SMILES string of the molecule is C[C@]1(c2ccccc2F)NC(=O)N(CC(=O)N(CCC#N)CCC#N)C1=O. The number of nitrogens with one attached hydrogen (secondary N) is 1. The zero-order chi connectivity index (χ0) is 20.0. The minimum atomic E-state index is -1.62. The average molecular weight is 371 g/mol. The lowest BCUT2D eigenvalue weighted by atomic mass is 9.91. The summed E-state index contributed by atoms with van der Waals surface area (Å²) in [7, 11) is 0. The van der Waals surface area contributed by atoms with Crippen molar-refractivity contribution in [2.75, 3.05) is 19.6 Å². The molecule has 0 saturated carbocycles. The van der Waals surface area contributed by atoms with Crippen molar-refractivity contribution < 1.29 is 18.8 Å². The summed E-state index contributed by atoms with van der Waals surface area (Å²) in [6.07, 6.45) is 0.120. The first-order chi connectivity index (χ1) is 12.8. The Morgan fingerprint density at radius 3 is 2.37 bits per heavy atom. The monoisotopic (exact) mass is 371 g/mol. The van der Waals surface area contributed by atoms with Crippen LogP contribution < -0.4 is 5.32 Å². The summed E-state index contributed by atoms with van der Waals surface area (Å²) >= 11 is 0. The van der Waals surface area contributed by atoms with Crippen LogP contribution in [0.25, 0.3) is 0 Å². The first-order valence-corrected chi connectivity index (χ1v) is 8.26. The Hall–Kier alpha value is -3.46. The Morgan fingerprint density at radius 2 is 1.81 bits per heavy atom. The Balaban J connectivity index is 2.19. The Morgan fingerprint density at radius 1 is 1.22 bits per heavy atom. The van der Waals surface area contributed by atoms with Gasteiger partial charge in [0.05, 0.1) is 25.0 Å². The Kier molecular flexibility index (Phi) is 6.09. The highest BCUT2D eigenvalue weighted by Gasteiger charge is 2.50. The number of benzene rings is 1. The topological polar surface area (TPSA) is 117 Å². The van der Waals surface area contributed by atoms with E-state index in [1.165, 1.54) is 30.0 Å². The number of imide groups is 1. The number of carbonyl (C=O) groups is 3. The fourth-order valence-corrected chi connectivity index (χ4v) is 2.86. The number of rotatable bonds is 7. The molecule has 1 aliphatic rings. The number of carbonyl (C=O) groups excluding carboxylic acids is 3. The van der Waals surface area contributed by atoms with Crippen LogP contribution in [0, 0.1) is 28.5 Å². The summed E-state index contributed by atoms with van der Waals surface area (Å²) in [5.41, 5.74) is -1.61. The first kappa shape index (κ1) is 19.9. The highest BCUT2D eigenvalue weighted by atomic mass is 19.1. The van der Waals surface area contributed by atoms with Crippen LogP contribution in [-0.2, 0) is 15.1 Å². The molecule has 0 bridgehead atoms. The molecule has 1 N–H and O–H groups in total. The standard InChI is InChI=1S/C18H18FN5O3/c1-18(13-6-2-3-7-14(13)19)16(26)24(17(27)22-18)12-15(25)23(10-4-8-20)11-5-9-21/h2-3,6-7H,4-5,10-12H2,1H3,(H,22,27)/t18-/m1/s1. The molecule has 9 heteroatoms. The number of nitrogens with zero attached hydrogens (tertiary/aromatic N) is 4. The van der Waals surface area contributed by atoms with Crippen molar-refractivity contribution in [1.82, 2.24) is 15.1 Å². The minimum absolute atomic E-state index is 0.00381. The van der Waals surface area contributed by atoms with Gasteiger partial charge in [-0.25, -0.2) is 9.18 Å². The van der Waals surface area contributed by atoms with Crippen LogP contribution in [0.5, 0.6) is 0 Å². The molecule has 0 spiro atoms. The van der Waals surface area contributed by atoms with E-state index in [-0.39, 0.29) is 31.5 Å². The van der Waals surface area contributed by atoms with Gasteiger partial charge in [0.2, 0.25) is 5.91 Å². The van der Waals surface area contributed by atoms with Gasteiger partial charge in [0, 0.05) is 18.7 Å². The summed E-state index contributed by atoms with van der Waals surface area (Å²) in [4.78, 5) is 39.5. The van der Waals surface area contributed by atoms with Crippen LogP contribution in [0.15, 0.2) is 24.3 Å². The van der Waals surface area contributed by atoms with Crippen molar-refractivity contribution in [2.24, 2.45) is 0 Å². The molecule has 140 valence electrons. The predicted octanol–water partition coefficient (Wildman–Crippen LogP) is 1.25. The Labute approximate surface area is 155 Å².